The Balaban J connectivity index is 1.94. The Bertz CT molecular complexity index is 1410. The highest BCUT2D eigenvalue weighted by Crippen LogP contribution is 2.33. The van der Waals surface area contributed by atoms with Crippen molar-refractivity contribution in [1.82, 2.24) is 9.66 Å². The number of fused-ring (bicyclic) bond motifs is 1. The molecule has 0 spiro atoms. The van der Waals surface area contributed by atoms with Gasteiger partial charge in [0.25, 0.3) is 5.56 Å². The van der Waals surface area contributed by atoms with E-state index in [4.69, 9.17) is 23.2 Å². The lowest BCUT2D eigenvalue weighted by Crippen LogP contribution is -2.20. The molecule has 1 aromatic heterocycles. The Hall–Kier alpha value is -3.36. The van der Waals surface area contributed by atoms with Crippen LogP contribution in [0.15, 0.2) is 70.6 Å². The Kier molecular flexibility index (Phi) is 5.66. The molecule has 0 aliphatic heterocycles. The molecule has 0 atom stereocenters. The molecule has 162 valence electrons. The van der Waals surface area contributed by atoms with Crippen molar-refractivity contribution >= 4 is 40.3 Å². The maximum atomic E-state index is 13.2. The molecule has 0 aliphatic rings. The van der Waals surface area contributed by atoms with Crippen LogP contribution in [-0.4, -0.2) is 21.0 Å². The molecule has 4 rings (SSSR count). The number of aromatic hydroxyl groups is 1. The maximum Gasteiger partial charge on any atom is 0.416 e. The van der Waals surface area contributed by atoms with Crippen molar-refractivity contribution in [2.45, 2.75) is 6.18 Å². The molecule has 1 N–H and O–H groups in total. The van der Waals surface area contributed by atoms with Gasteiger partial charge in [-0.05, 0) is 42.0 Å². The van der Waals surface area contributed by atoms with Crippen LogP contribution in [0, 0.1) is 0 Å². The number of hydrogen-bond donors (Lipinski definition) is 1. The normalized spacial score (nSPS) is 12.0. The minimum atomic E-state index is -4.57. The molecule has 5 nitrogen and oxygen atoms in total. The lowest BCUT2D eigenvalue weighted by Gasteiger charge is -2.12. The van der Waals surface area contributed by atoms with E-state index in [9.17, 15) is 23.1 Å². The van der Waals surface area contributed by atoms with Crippen LogP contribution in [0.3, 0.4) is 0 Å². The second kappa shape index (κ2) is 8.29. The van der Waals surface area contributed by atoms with Crippen molar-refractivity contribution in [3.05, 3.63) is 92.2 Å². The summed E-state index contributed by atoms with van der Waals surface area (Å²) in [6.07, 6.45) is -3.33. The number of benzene rings is 3. The molecule has 0 saturated carbocycles. The summed E-state index contributed by atoms with van der Waals surface area (Å²) in [7, 11) is 0. The monoisotopic (exact) mass is 477 g/mol. The van der Waals surface area contributed by atoms with Crippen LogP contribution >= 0.6 is 23.2 Å². The van der Waals surface area contributed by atoms with Crippen LogP contribution in [0.5, 0.6) is 5.75 Å². The second-order valence-corrected chi connectivity index (χ2v) is 7.54. The number of rotatable bonds is 3. The SMILES string of the molecule is O=c1c2ccccc2nc(-c2cccc(C(F)(F)F)c2)n1N=Cc1cc(Cl)c(O)c(Cl)c1. The predicted octanol–water partition coefficient (Wildman–Crippen LogP) is 5.98. The van der Waals surface area contributed by atoms with E-state index in [1.54, 1.807) is 24.3 Å². The van der Waals surface area contributed by atoms with Gasteiger partial charge in [-0.25, -0.2) is 4.98 Å². The first-order chi connectivity index (χ1) is 15.1. The molecule has 0 bridgehead atoms. The first-order valence-electron chi connectivity index (χ1n) is 9.07. The molecular weight excluding hydrogens is 466 g/mol. The van der Waals surface area contributed by atoms with Crippen molar-refractivity contribution in [3.63, 3.8) is 0 Å². The van der Waals surface area contributed by atoms with E-state index in [0.717, 1.165) is 16.8 Å². The average molecular weight is 478 g/mol. The van der Waals surface area contributed by atoms with Crippen molar-refractivity contribution in [2.24, 2.45) is 5.10 Å². The number of aromatic nitrogens is 2. The van der Waals surface area contributed by atoms with Crippen molar-refractivity contribution in [3.8, 4) is 17.1 Å². The van der Waals surface area contributed by atoms with Gasteiger partial charge in [-0.2, -0.15) is 22.9 Å². The topological polar surface area (TPSA) is 67.5 Å². The number of para-hydroxylation sites is 1. The molecule has 32 heavy (non-hydrogen) atoms. The van der Waals surface area contributed by atoms with Gasteiger partial charge in [0.15, 0.2) is 11.6 Å². The molecule has 1 heterocycles. The maximum absolute atomic E-state index is 13.2. The van der Waals surface area contributed by atoms with E-state index in [0.29, 0.717) is 11.1 Å². The average Bonchev–Trinajstić information content (AvgIpc) is 2.76. The highest BCUT2D eigenvalue weighted by molar-refractivity contribution is 6.37. The third-order valence-corrected chi connectivity index (χ3v) is 5.14. The zero-order valence-corrected chi connectivity index (χ0v) is 17.4. The van der Waals surface area contributed by atoms with Crippen LogP contribution in [0.4, 0.5) is 13.2 Å². The minimum Gasteiger partial charge on any atom is -0.505 e. The van der Waals surface area contributed by atoms with Gasteiger partial charge in [0, 0.05) is 5.56 Å². The van der Waals surface area contributed by atoms with E-state index >= 15 is 0 Å². The summed E-state index contributed by atoms with van der Waals surface area (Å²) < 4.78 is 40.6. The molecule has 0 radical (unpaired) electrons. The molecule has 3 aromatic carbocycles. The molecule has 10 heteroatoms. The summed E-state index contributed by atoms with van der Waals surface area (Å²) in [5, 5.41) is 14.0. The number of phenolic OH excluding ortho intramolecular Hbond substituents is 1. The summed E-state index contributed by atoms with van der Waals surface area (Å²) >= 11 is 11.8. The van der Waals surface area contributed by atoms with Crippen molar-refractivity contribution in [1.29, 1.82) is 0 Å². The summed E-state index contributed by atoms with van der Waals surface area (Å²) in [6, 6.07) is 13.6. The Morgan fingerprint density at radius 3 is 2.38 bits per heavy atom. The molecule has 0 unspecified atom stereocenters. The molecule has 0 fully saturated rings. The van der Waals surface area contributed by atoms with Crippen LogP contribution in [-0.2, 0) is 6.18 Å². The van der Waals surface area contributed by atoms with Crippen LogP contribution in [0.2, 0.25) is 10.0 Å². The fourth-order valence-electron chi connectivity index (χ4n) is 3.04. The molecular formula is C22H12Cl2F3N3O2. The number of phenols is 1. The first-order valence-corrected chi connectivity index (χ1v) is 9.82. The molecule has 0 amide bonds. The third kappa shape index (κ3) is 4.19. The lowest BCUT2D eigenvalue weighted by molar-refractivity contribution is -0.137. The summed E-state index contributed by atoms with van der Waals surface area (Å²) in [5.41, 5.74) is -0.734. The smallest absolute Gasteiger partial charge is 0.416 e. The van der Waals surface area contributed by atoms with Crippen molar-refractivity contribution < 1.29 is 18.3 Å². The quantitative estimate of drug-likeness (QED) is 0.369. The number of halogens is 5. The van der Waals surface area contributed by atoms with Gasteiger partial charge in [0.2, 0.25) is 0 Å². The van der Waals surface area contributed by atoms with E-state index in [1.807, 2.05) is 0 Å². The van der Waals surface area contributed by atoms with E-state index < -0.39 is 17.3 Å². The van der Waals surface area contributed by atoms with Gasteiger partial charge in [-0.3, -0.25) is 4.79 Å². The highest BCUT2D eigenvalue weighted by atomic mass is 35.5. The van der Waals surface area contributed by atoms with Crippen LogP contribution in [0.25, 0.3) is 22.3 Å². The molecule has 0 saturated heterocycles. The van der Waals surface area contributed by atoms with Gasteiger partial charge in [0.1, 0.15) is 0 Å². The Morgan fingerprint density at radius 1 is 1.00 bits per heavy atom. The van der Waals surface area contributed by atoms with E-state index in [2.05, 4.69) is 10.1 Å². The summed E-state index contributed by atoms with van der Waals surface area (Å²) in [6.45, 7) is 0. The van der Waals surface area contributed by atoms with Crippen LogP contribution < -0.4 is 5.56 Å². The van der Waals surface area contributed by atoms with E-state index in [-0.39, 0.29) is 32.6 Å². The fraction of sp³-hybridized carbons (Fsp3) is 0.0455. The zero-order chi connectivity index (χ0) is 23.0. The lowest BCUT2D eigenvalue weighted by atomic mass is 10.1. The van der Waals surface area contributed by atoms with Crippen LogP contribution in [0.1, 0.15) is 11.1 Å². The van der Waals surface area contributed by atoms with Gasteiger partial charge >= 0.3 is 6.18 Å². The van der Waals surface area contributed by atoms with E-state index in [1.165, 1.54) is 30.5 Å². The standard InChI is InChI=1S/C22H12Cl2F3N3O2/c23-16-8-12(9-17(24)19(16)31)11-28-30-20(13-4-3-5-14(10-13)22(25,26)27)29-18-7-2-1-6-15(18)21(30)32/h1-11,31H. The first kappa shape index (κ1) is 21.9. The summed E-state index contributed by atoms with van der Waals surface area (Å²) in [5.74, 6) is -0.383. The fourth-order valence-corrected chi connectivity index (χ4v) is 3.54. The largest absolute Gasteiger partial charge is 0.505 e. The van der Waals surface area contributed by atoms with Gasteiger partial charge in [-0.1, -0.05) is 47.5 Å². The Morgan fingerprint density at radius 2 is 1.69 bits per heavy atom. The van der Waals surface area contributed by atoms with Gasteiger partial charge in [0.05, 0.1) is 32.7 Å². The predicted molar refractivity (Wildman–Crippen MR) is 118 cm³/mol. The molecule has 4 aromatic rings. The second-order valence-electron chi connectivity index (χ2n) is 6.73. The number of nitrogens with zero attached hydrogens (tertiary/aromatic N) is 3. The highest BCUT2D eigenvalue weighted by Gasteiger charge is 2.31. The van der Waals surface area contributed by atoms with Gasteiger partial charge in [-0.15, -0.1) is 0 Å². The summed E-state index contributed by atoms with van der Waals surface area (Å²) in [4.78, 5) is 17.5. The van der Waals surface area contributed by atoms with Crippen molar-refractivity contribution in [2.75, 3.05) is 0 Å². The number of alkyl halides is 3. The minimum absolute atomic E-state index is 0.0268. The number of hydrogen-bond acceptors (Lipinski definition) is 4. The Labute approximate surface area is 189 Å². The van der Waals surface area contributed by atoms with Gasteiger partial charge < -0.3 is 5.11 Å². The molecule has 0 aliphatic carbocycles. The zero-order valence-electron chi connectivity index (χ0n) is 15.9. The third-order valence-electron chi connectivity index (χ3n) is 4.56.